The summed E-state index contributed by atoms with van der Waals surface area (Å²) in [7, 11) is 0. The molecule has 2 rings (SSSR count). The van der Waals surface area contributed by atoms with Gasteiger partial charge in [0.05, 0.1) is 0 Å². The van der Waals surface area contributed by atoms with E-state index in [2.05, 4.69) is 43.5 Å². The molecule has 1 aromatic rings. The fourth-order valence-electron chi connectivity index (χ4n) is 3.77. The van der Waals surface area contributed by atoms with Gasteiger partial charge in [-0.25, -0.2) is 0 Å². The second kappa shape index (κ2) is 8.55. The van der Waals surface area contributed by atoms with Crippen LogP contribution in [0.15, 0.2) is 24.3 Å². The Kier molecular flexibility index (Phi) is 6.72. The predicted octanol–water partition coefficient (Wildman–Crippen LogP) is 4.75. The van der Waals surface area contributed by atoms with Crippen molar-refractivity contribution in [2.75, 3.05) is 0 Å². The van der Waals surface area contributed by atoms with E-state index < -0.39 is 0 Å². The van der Waals surface area contributed by atoms with Crippen LogP contribution in [-0.2, 0) is 6.42 Å². The van der Waals surface area contributed by atoms with E-state index in [9.17, 15) is 0 Å². The van der Waals surface area contributed by atoms with Crippen molar-refractivity contribution in [3.8, 4) is 0 Å². The van der Waals surface area contributed by atoms with Gasteiger partial charge >= 0.3 is 0 Å². The summed E-state index contributed by atoms with van der Waals surface area (Å²) in [5, 5.41) is 0. The lowest BCUT2D eigenvalue weighted by atomic mass is 9.75. The van der Waals surface area contributed by atoms with Crippen LogP contribution in [0.4, 0.5) is 0 Å². The van der Waals surface area contributed by atoms with Gasteiger partial charge in [0.2, 0.25) is 0 Å². The second-order valence-electron chi connectivity index (χ2n) is 6.66. The largest absolute Gasteiger partial charge is 0.271 e. The first-order valence-corrected chi connectivity index (χ1v) is 8.83. The summed E-state index contributed by atoms with van der Waals surface area (Å²) in [6.45, 7) is 4.49. The van der Waals surface area contributed by atoms with Crippen molar-refractivity contribution in [1.82, 2.24) is 5.43 Å². The summed E-state index contributed by atoms with van der Waals surface area (Å²) in [4.78, 5) is 0. The summed E-state index contributed by atoms with van der Waals surface area (Å²) >= 11 is 0. The number of nitrogens with one attached hydrogen (secondary N) is 1. The van der Waals surface area contributed by atoms with Crippen molar-refractivity contribution >= 4 is 0 Å². The third-order valence-electron chi connectivity index (χ3n) is 5.26. The molecule has 0 heterocycles. The fraction of sp³-hybridized carbons (Fsp3) is 0.684. The standard InChI is InChI=1S/C19H32N2/c1-3-5-6-16-9-13-18(14-10-16)19(21-20)17-11-7-15(4-2)8-12-17/h7-8,11-12,16,18-19,21H,3-6,9-10,13-14,20H2,1-2H3. The minimum absolute atomic E-state index is 0.322. The Morgan fingerprint density at radius 1 is 1.10 bits per heavy atom. The molecular formula is C19H32N2. The lowest BCUT2D eigenvalue weighted by Gasteiger charge is -2.34. The van der Waals surface area contributed by atoms with Gasteiger partial charge in [-0.15, -0.1) is 0 Å². The van der Waals surface area contributed by atoms with Gasteiger partial charge in [0.1, 0.15) is 0 Å². The maximum absolute atomic E-state index is 5.87. The highest BCUT2D eigenvalue weighted by Gasteiger charge is 2.27. The summed E-state index contributed by atoms with van der Waals surface area (Å²) < 4.78 is 0. The molecule has 1 atom stereocenters. The van der Waals surface area contributed by atoms with E-state index in [1.54, 1.807) is 0 Å². The first-order valence-electron chi connectivity index (χ1n) is 8.83. The zero-order chi connectivity index (χ0) is 15.1. The van der Waals surface area contributed by atoms with Gasteiger partial charge in [-0.1, -0.05) is 70.2 Å². The summed E-state index contributed by atoms with van der Waals surface area (Å²) in [5.41, 5.74) is 5.84. The molecule has 0 bridgehead atoms. The van der Waals surface area contributed by atoms with Gasteiger partial charge in [-0.2, -0.15) is 0 Å². The Morgan fingerprint density at radius 2 is 1.76 bits per heavy atom. The van der Waals surface area contributed by atoms with Crippen LogP contribution in [0.2, 0.25) is 0 Å². The summed E-state index contributed by atoms with van der Waals surface area (Å²) in [6.07, 6.45) is 10.7. The fourth-order valence-corrected chi connectivity index (χ4v) is 3.77. The van der Waals surface area contributed by atoms with Crippen molar-refractivity contribution in [2.45, 2.75) is 71.3 Å². The van der Waals surface area contributed by atoms with E-state index in [1.165, 1.54) is 56.1 Å². The number of hydrogen-bond donors (Lipinski definition) is 2. The third kappa shape index (κ3) is 4.55. The molecule has 118 valence electrons. The van der Waals surface area contributed by atoms with Crippen LogP contribution in [0.3, 0.4) is 0 Å². The van der Waals surface area contributed by atoms with Crippen molar-refractivity contribution in [1.29, 1.82) is 0 Å². The SMILES string of the molecule is CCCCC1CCC(C(NN)c2ccc(CC)cc2)CC1. The molecule has 0 radical (unpaired) electrons. The monoisotopic (exact) mass is 288 g/mol. The number of unbranched alkanes of at least 4 members (excludes halogenated alkanes) is 1. The summed E-state index contributed by atoms with van der Waals surface area (Å²) in [5.74, 6) is 7.53. The molecule has 0 spiro atoms. The molecule has 1 unspecified atom stereocenters. The minimum atomic E-state index is 0.322. The van der Waals surface area contributed by atoms with E-state index >= 15 is 0 Å². The molecule has 1 fully saturated rings. The van der Waals surface area contributed by atoms with E-state index in [0.717, 1.165) is 12.3 Å². The van der Waals surface area contributed by atoms with Crippen molar-refractivity contribution in [2.24, 2.45) is 17.7 Å². The molecule has 1 saturated carbocycles. The molecule has 0 amide bonds. The maximum Gasteiger partial charge on any atom is 0.0488 e. The van der Waals surface area contributed by atoms with Crippen molar-refractivity contribution < 1.29 is 0 Å². The average Bonchev–Trinajstić information content (AvgIpc) is 2.55. The van der Waals surface area contributed by atoms with Crippen molar-refractivity contribution in [3.63, 3.8) is 0 Å². The van der Waals surface area contributed by atoms with Crippen LogP contribution in [0.1, 0.15) is 76.0 Å². The zero-order valence-electron chi connectivity index (χ0n) is 13.8. The van der Waals surface area contributed by atoms with Crippen molar-refractivity contribution in [3.05, 3.63) is 35.4 Å². The molecule has 3 N–H and O–H groups in total. The van der Waals surface area contributed by atoms with Gasteiger partial charge in [0.15, 0.2) is 0 Å². The van der Waals surface area contributed by atoms with Gasteiger partial charge in [0, 0.05) is 6.04 Å². The Hall–Kier alpha value is -0.860. The Bertz CT molecular complexity index is 391. The topological polar surface area (TPSA) is 38.0 Å². The number of benzene rings is 1. The predicted molar refractivity (Wildman–Crippen MR) is 90.9 cm³/mol. The highest BCUT2D eigenvalue weighted by Crippen LogP contribution is 2.38. The van der Waals surface area contributed by atoms with E-state index in [0.29, 0.717) is 12.0 Å². The smallest absolute Gasteiger partial charge is 0.0488 e. The molecule has 21 heavy (non-hydrogen) atoms. The number of hydrazine groups is 1. The average molecular weight is 288 g/mol. The quantitative estimate of drug-likeness (QED) is 0.561. The van der Waals surface area contributed by atoms with Crippen LogP contribution in [0, 0.1) is 11.8 Å². The minimum Gasteiger partial charge on any atom is -0.271 e. The Labute approximate surface area is 130 Å². The number of hydrogen-bond acceptors (Lipinski definition) is 2. The van der Waals surface area contributed by atoms with Gasteiger partial charge in [-0.3, -0.25) is 11.3 Å². The van der Waals surface area contributed by atoms with E-state index in [4.69, 9.17) is 5.84 Å². The molecule has 0 aromatic heterocycles. The molecule has 1 aromatic carbocycles. The summed E-state index contributed by atoms with van der Waals surface area (Å²) in [6, 6.07) is 9.32. The van der Waals surface area contributed by atoms with E-state index in [-0.39, 0.29) is 0 Å². The van der Waals surface area contributed by atoms with E-state index in [1.807, 2.05) is 0 Å². The zero-order valence-corrected chi connectivity index (χ0v) is 13.8. The van der Waals surface area contributed by atoms with Crippen LogP contribution >= 0.6 is 0 Å². The number of nitrogens with two attached hydrogens (primary N) is 1. The molecule has 2 heteroatoms. The van der Waals surface area contributed by atoms with Crippen LogP contribution in [-0.4, -0.2) is 0 Å². The first kappa shape index (κ1) is 16.5. The molecule has 0 saturated heterocycles. The van der Waals surface area contributed by atoms with Gasteiger partial charge in [0.25, 0.3) is 0 Å². The molecule has 0 aliphatic heterocycles. The molecule has 2 nitrogen and oxygen atoms in total. The van der Waals surface area contributed by atoms with Gasteiger partial charge in [-0.05, 0) is 42.2 Å². The Balaban J connectivity index is 1.92. The second-order valence-corrected chi connectivity index (χ2v) is 6.66. The van der Waals surface area contributed by atoms with Crippen LogP contribution < -0.4 is 11.3 Å². The number of rotatable bonds is 7. The Morgan fingerprint density at radius 3 is 2.29 bits per heavy atom. The molecule has 1 aliphatic rings. The molecule has 1 aliphatic carbocycles. The normalized spacial score (nSPS) is 24.0. The molecular weight excluding hydrogens is 256 g/mol. The van der Waals surface area contributed by atoms with Crippen LogP contribution in [0.5, 0.6) is 0 Å². The lowest BCUT2D eigenvalue weighted by molar-refractivity contribution is 0.213. The highest BCUT2D eigenvalue weighted by molar-refractivity contribution is 5.25. The maximum atomic E-state index is 5.87. The lowest BCUT2D eigenvalue weighted by Crippen LogP contribution is -2.35. The van der Waals surface area contributed by atoms with Crippen LogP contribution in [0.25, 0.3) is 0 Å². The first-order chi connectivity index (χ1) is 10.3. The number of aryl methyl sites for hydroxylation is 1. The van der Waals surface area contributed by atoms with Gasteiger partial charge < -0.3 is 0 Å². The third-order valence-corrected chi connectivity index (χ3v) is 5.26. The highest BCUT2D eigenvalue weighted by atomic mass is 15.2.